The number of nitrogens with zero attached hydrogens (tertiary/aromatic N) is 1. The van der Waals surface area contributed by atoms with Crippen molar-refractivity contribution in [2.24, 2.45) is 5.73 Å². The van der Waals surface area contributed by atoms with E-state index in [1.165, 1.54) is 4.70 Å². The van der Waals surface area contributed by atoms with Crippen molar-refractivity contribution in [3.05, 3.63) is 24.3 Å². The zero-order valence-electron chi connectivity index (χ0n) is 7.93. The van der Waals surface area contributed by atoms with Gasteiger partial charge < -0.3 is 5.73 Å². The first-order valence-electron chi connectivity index (χ1n) is 4.49. The maximum atomic E-state index is 5.69. The molecule has 0 unspecified atom stereocenters. The van der Waals surface area contributed by atoms with E-state index in [-0.39, 0.29) is 6.04 Å². The molecule has 0 aliphatic rings. The van der Waals surface area contributed by atoms with Gasteiger partial charge in [0.15, 0.2) is 4.34 Å². The topological polar surface area (TPSA) is 38.9 Å². The van der Waals surface area contributed by atoms with Gasteiger partial charge in [0, 0.05) is 11.8 Å². The van der Waals surface area contributed by atoms with E-state index >= 15 is 0 Å². The third-order valence-corrected chi connectivity index (χ3v) is 4.21. The summed E-state index contributed by atoms with van der Waals surface area (Å²) in [6.07, 6.45) is 0. The summed E-state index contributed by atoms with van der Waals surface area (Å²) >= 11 is 3.47. The molecule has 0 aliphatic heterocycles. The van der Waals surface area contributed by atoms with Crippen LogP contribution in [0.1, 0.15) is 6.92 Å². The minimum atomic E-state index is 0.229. The van der Waals surface area contributed by atoms with E-state index in [1.54, 1.807) is 23.1 Å². The molecule has 1 atom stereocenters. The van der Waals surface area contributed by atoms with Gasteiger partial charge in [-0.1, -0.05) is 23.9 Å². The Morgan fingerprint density at radius 1 is 1.50 bits per heavy atom. The van der Waals surface area contributed by atoms with Gasteiger partial charge in [0.2, 0.25) is 0 Å². The molecule has 0 amide bonds. The fourth-order valence-corrected chi connectivity index (χ4v) is 3.09. The molecule has 0 spiro atoms. The number of thiazole rings is 1. The summed E-state index contributed by atoms with van der Waals surface area (Å²) in [5.74, 6) is 0.930. The normalized spacial score (nSPS) is 13.3. The summed E-state index contributed by atoms with van der Waals surface area (Å²) in [5.41, 5.74) is 6.78. The smallest absolute Gasteiger partial charge is 0.151 e. The quantitative estimate of drug-likeness (QED) is 0.815. The molecule has 2 nitrogen and oxygen atoms in total. The van der Waals surface area contributed by atoms with E-state index in [2.05, 4.69) is 11.1 Å². The Bertz CT molecular complexity index is 390. The second kappa shape index (κ2) is 4.29. The molecular weight excluding hydrogens is 212 g/mol. The highest BCUT2D eigenvalue weighted by Gasteiger charge is 2.04. The Morgan fingerprint density at radius 3 is 3.00 bits per heavy atom. The summed E-state index contributed by atoms with van der Waals surface area (Å²) in [5, 5.41) is 0. The van der Waals surface area contributed by atoms with E-state index in [1.807, 2.05) is 25.1 Å². The molecule has 2 N–H and O–H groups in total. The van der Waals surface area contributed by atoms with Crippen LogP contribution in [0.15, 0.2) is 28.6 Å². The summed E-state index contributed by atoms with van der Waals surface area (Å²) < 4.78 is 2.36. The van der Waals surface area contributed by atoms with E-state index in [0.717, 1.165) is 15.6 Å². The van der Waals surface area contributed by atoms with Crippen LogP contribution in [-0.2, 0) is 0 Å². The van der Waals surface area contributed by atoms with Crippen molar-refractivity contribution < 1.29 is 0 Å². The molecule has 0 fully saturated rings. The lowest BCUT2D eigenvalue weighted by Gasteiger charge is -1.99. The molecule has 4 heteroatoms. The lowest BCUT2D eigenvalue weighted by Crippen LogP contribution is -2.17. The Labute approximate surface area is 91.5 Å². The summed E-state index contributed by atoms with van der Waals surface area (Å²) in [6, 6.07) is 8.43. The zero-order chi connectivity index (χ0) is 9.97. The van der Waals surface area contributed by atoms with Gasteiger partial charge in [-0.3, -0.25) is 0 Å². The van der Waals surface area contributed by atoms with E-state index < -0.39 is 0 Å². The average molecular weight is 224 g/mol. The van der Waals surface area contributed by atoms with Crippen LogP contribution in [0.2, 0.25) is 0 Å². The van der Waals surface area contributed by atoms with Crippen molar-refractivity contribution in [3.8, 4) is 0 Å². The molecule has 1 aromatic carbocycles. The van der Waals surface area contributed by atoms with Crippen molar-refractivity contribution >= 4 is 33.3 Å². The Kier molecular flexibility index (Phi) is 3.05. The molecule has 2 rings (SSSR count). The number of hydrogen-bond donors (Lipinski definition) is 1. The van der Waals surface area contributed by atoms with Crippen LogP contribution in [0.3, 0.4) is 0 Å². The monoisotopic (exact) mass is 224 g/mol. The Balaban J connectivity index is 2.19. The van der Waals surface area contributed by atoms with Crippen LogP contribution in [0, 0.1) is 0 Å². The van der Waals surface area contributed by atoms with Crippen molar-refractivity contribution in [1.29, 1.82) is 0 Å². The van der Waals surface area contributed by atoms with Crippen molar-refractivity contribution in [1.82, 2.24) is 4.98 Å². The highest BCUT2D eigenvalue weighted by atomic mass is 32.2. The van der Waals surface area contributed by atoms with Gasteiger partial charge in [0.05, 0.1) is 10.2 Å². The van der Waals surface area contributed by atoms with Gasteiger partial charge in [-0.15, -0.1) is 11.3 Å². The Morgan fingerprint density at radius 2 is 2.29 bits per heavy atom. The highest BCUT2D eigenvalue weighted by molar-refractivity contribution is 8.01. The number of hydrogen-bond acceptors (Lipinski definition) is 4. The average Bonchev–Trinajstić information content (AvgIpc) is 2.57. The minimum Gasteiger partial charge on any atom is -0.327 e. The van der Waals surface area contributed by atoms with Crippen LogP contribution < -0.4 is 5.73 Å². The van der Waals surface area contributed by atoms with Crippen LogP contribution in [0.4, 0.5) is 0 Å². The van der Waals surface area contributed by atoms with E-state index in [9.17, 15) is 0 Å². The number of aromatic nitrogens is 1. The van der Waals surface area contributed by atoms with Gasteiger partial charge in [0.1, 0.15) is 0 Å². The third kappa shape index (κ3) is 2.26. The molecule has 1 heterocycles. The molecule has 2 aromatic rings. The third-order valence-electron chi connectivity index (χ3n) is 1.74. The van der Waals surface area contributed by atoms with Crippen molar-refractivity contribution in [2.75, 3.05) is 5.75 Å². The maximum absolute atomic E-state index is 5.69. The molecule has 0 aliphatic carbocycles. The summed E-state index contributed by atoms with van der Waals surface area (Å²) in [4.78, 5) is 4.51. The molecule has 0 saturated heterocycles. The predicted octanol–water partition coefficient (Wildman–Crippen LogP) is 2.74. The van der Waals surface area contributed by atoms with Crippen LogP contribution >= 0.6 is 23.1 Å². The van der Waals surface area contributed by atoms with E-state index in [0.29, 0.717) is 0 Å². The van der Waals surface area contributed by atoms with Crippen molar-refractivity contribution in [2.45, 2.75) is 17.3 Å². The molecule has 0 radical (unpaired) electrons. The number of benzene rings is 1. The molecule has 1 aromatic heterocycles. The van der Waals surface area contributed by atoms with Gasteiger partial charge in [0.25, 0.3) is 0 Å². The fourth-order valence-electron chi connectivity index (χ4n) is 1.12. The zero-order valence-corrected chi connectivity index (χ0v) is 9.57. The second-order valence-corrected chi connectivity index (χ2v) is 5.53. The second-order valence-electron chi connectivity index (χ2n) is 3.24. The number of nitrogens with two attached hydrogens (primary N) is 1. The number of para-hydroxylation sites is 1. The predicted molar refractivity (Wildman–Crippen MR) is 64.0 cm³/mol. The van der Waals surface area contributed by atoms with Crippen molar-refractivity contribution in [3.63, 3.8) is 0 Å². The molecule has 74 valence electrons. The number of thioether (sulfide) groups is 1. The first-order chi connectivity index (χ1) is 6.75. The van der Waals surface area contributed by atoms with Gasteiger partial charge in [-0.2, -0.15) is 0 Å². The summed E-state index contributed by atoms with van der Waals surface area (Å²) in [6.45, 7) is 2.01. The Hall–Kier alpha value is -0.580. The number of rotatable bonds is 3. The lowest BCUT2D eigenvalue weighted by atomic mass is 10.3. The first-order valence-corrected chi connectivity index (χ1v) is 6.30. The van der Waals surface area contributed by atoms with Crippen LogP contribution in [0.25, 0.3) is 10.2 Å². The van der Waals surface area contributed by atoms with Crippen LogP contribution in [0.5, 0.6) is 0 Å². The highest BCUT2D eigenvalue weighted by Crippen LogP contribution is 2.29. The number of fused-ring (bicyclic) bond motifs is 1. The summed E-state index contributed by atoms with van der Waals surface area (Å²) in [7, 11) is 0. The first kappa shape index (κ1) is 9.96. The van der Waals surface area contributed by atoms with Crippen LogP contribution in [-0.4, -0.2) is 16.8 Å². The van der Waals surface area contributed by atoms with E-state index in [4.69, 9.17) is 5.73 Å². The largest absolute Gasteiger partial charge is 0.327 e. The lowest BCUT2D eigenvalue weighted by molar-refractivity contribution is 0.847. The standard InChI is InChI=1S/C10H12N2S2/c1-7(11)6-13-10-12-8-4-2-3-5-9(8)14-10/h2-5,7H,6,11H2,1H3/t7-/m1/s1. The minimum absolute atomic E-state index is 0.229. The SMILES string of the molecule is C[C@@H](N)CSc1nc2ccccc2s1. The molecule has 0 saturated carbocycles. The molecule has 0 bridgehead atoms. The molecule has 14 heavy (non-hydrogen) atoms. The van der Waals surface area contributed by atoms with Gasteiger partial charge >= 0.3 is 0 Å². The van der Waals surface area contributed by atoms with Gasteiger partial charge in [-0.05, 0) is 19.1 Å². The van der Waals surface area contributed by atoms with Gasteiger partial charge in [-0.25, -0.2) is 4.98 Å². The molecular formula is C10H12N2S2. The fraction of sp³-hybridized carbons (Fsp3) is 0.300. The maximum Gasteiger partial charge on any atom is 0.151 e.